The minimum absolute atomic E-state index is 0.233. The van der Waals surface area contributed by atoms with Crippen LogP contribution in [0.2, 0.25) is 0 Å². The Hall–Kier alpha value is -1.75. The summed E-state index contributed by atoms with van der Waals surface area (Å²) in [5.41, 5.74) is 0.725. The maximum atomic E-state index is 11.5. The van der Waals surface area contributed by atoms with Gasteiger partial charge in [-0.25, -0.2) is 4.79 Å². The Morgan fingerprint density at radius 3 is 2.64 bits per heavy atom. The molecule has 1 aromatic carbocycles. The summed E-state index contributed by atoms with van der Waals surface area (Å²) in [5.74, 6) is 0.859. The van der Waals surface area contributed by atoms with Crippen LogP contribution in [-0.2, 0) is 4.74 Å². The fourth-order valence-electron chi connectivity index (χ4n) is 1.94. The highest BCUT2D eigenvalue weighted by Gasteiger charge is 2.15. The fraction of sp³-hybridized carbons (Fsp3) is 0.588. The molecular weight excluding hydrogens is 280 g/mol. The molecule has 0 bridgehead atoms. The zero-order valence-electron chi connectivity index (χ0n) is 14.2. The monoisotopic (exact) mass is 308 g/mol. The number of rotatable bonds is 7. The maximum absolute atomic E-state index is 11.5. The zero-order valence-corrected chi connectivity index (χ0v) is 14.2. The Bertz CT molecular complexity index is 469. The molecular formula is C17H28N2O3. The van der Waals surface area contributed by atoms with Gasteiger partial charge in [0.2, 0.25) is 0 Å². The lowest BCUT2D eigenvalue weighted by atomic mass is 10.1. The van der Waals surface area contributed by atoms with Crippen molar-refractivity contribution < 1.29 is 14.3 Å². The molecule has 0 saturated carbocycles. The molecule has 1 aromatic rings. The second-order valence-electron chi connectivity index (χ2n) is 6.23. The molecule has 5 heteroatoms. The summed E-state index contributed by atoms with van der Waals surface area (Å²) < 4.78 is 10.4. The molecule has 0 aliphatic carbocycles. The molecule has 1 atom stereocenters. The van der Waals surface area contributed by atoms with Crippen LogP contribution in [-0.4, -0.2) is 31.9 Å². The van der Waals surface area contributed by atoms with Crippen molar-refractivity contribution in [2.24, 2.45) is 0 Å². The molecule has 0 saturated heterocycles. The first-order chi connectivity index (χ1) is 10.3. The van der Waals surface area contributed by atoms with Gasteiger partial charge in [0, 0.05) is 12.6 Å². The first-order valence-corrected chi connectivity index (χ1v) is 7.66. The van der Waals surface area contributed by atoms with Gasteiger partial charge in [-0.15, -0.1) is 0 Å². The molecule has 0 aromatic heterocycles. The standard InChI is InChI=1S/C17H28N2O3/c1-13(14-8-6-9-15(12-14)21-5)18-10-7-11-19-16(20)22-17(2,3)4/h6,8-9,12-13,18H,7,10-11H2,1-5H3,(H,19,20)/t13-/m1/s1. The Balaban J connectivity index is 2.22. The predicted octanol–water partition coefficient (Wildman–Crippen LogP) is 3.26. The van der Waals surface area contributed by atoms with Crippen LogP contribution in [0.4, 0.5) is 4.79 Å². The van der Waals surface area contributed by atoms with Crippen LogP contribution in [0.15, 0.2) is 24.3 Å². The first kappa shape index (κ1) is 18.3. The molecule has 0 heterocycles. The molecule has 124 valence electrons. The summed E-state index contributed by atoms with van der Waals surface area (Å²) in [6.45, 7) is 9.06. The normalized spacial score (nSPS) is 12.6. The van der Waals surface area contributed by atoms with Gasteiger partial charge in [0.1, 0.15) is 11.4 Å². The molecule has 0 spiro atoms. The number of nitrogens with one attached hydrogen (secondary N) is 2. The highest BCUT2D eigenvalue weighted by molar-refractivity contribution is 5.67. The van der Waals surface area contributed by atoms with Crippen LogP contribution < -0.4 is 15.4 Å². The molecule has 2 N–H and O–H groups in total. The van der Waals surface area contributed by atoms with Gasteiger partial charge in [0.05, 0.1) is 7.11 Å². The van der Waals surface area contributed by atoms with Crippen molar-refractivity contribution in [1.82, 2.24) is 10.6 Å². The molecule has 0 aliphatic rings. The molecule has 5 nitrogen and oxygen atoms in total. The van der Waals surface area contributed by atoms with E-state index in [4.69, 9.17) is 9.47 Å². The summed E-state index contributed by atoms with van der Waals surface area (Å²) >= 11 is 0. The minimum Gasteiger partial charge on any atom is -0.497 e. The summed E-state index contributed by atoms with van der Waals surface area (Å²) in [6.07, 6.45) is 0.474. The van der Waals surface area contributed by atoms with Crippen molar-refractivity contribution in [3.05, 3.63) is 29.8 Å². The van der Waals surface area contributed by atoms with Crippen LogP contribution in [0.3, 0.4) is 0 Å². The van der Waals surface area contributed by atoms with Crippen molar-refractivity contribution in [1.29, 1.82) is 0 Å². The lowest BCUT2D eigenvalue weighted by Gasteiger charge is -2.20. The number of carbonyl (C=O) groups is 1. The molecule has 0 unspecified atom stereocenters. The predicted molar refractivity (Wildman–Crippen MR) is 88.3 cm³/mol. The van der Waals surface area contributed by atoms with Crippen LogP contribution in [0.1, 0.15) is 45.7 Å². The largest absolute Gasteiger partial charge is 0.497 e. The SMILES string of the molecule is COc1cccc([C@@H](C)NCCCNC(=O)OC(C)(C)C)c1. The average molecular weight is 308 g/mol. The van der Waals surface area contributed by atoms with Gasteiger partial charge < -0.3 is 20.1 Å². The van der Waals surface area contributed by atoms with E-state index in [0.29, 0.717) is 6.54 Å². The van der Waals surface area contributed by atoms with Gasteiger partial charge in [0.15, 0.2) is 0 Å². The summed E-state index contributed by atoms with van der Waals surface area (Å²) in [5, 5.41) is 6.17. The van der Waals surface area contributed by atoms with Crippen LogP contribution in [0.5, 0.6) is 5.75 Å². The van der Waals surface area contributed by atoms with E-state index in [0.717, 1.165) is 18.7 Å². The minimum atomic E-state index is -0.455. The molecule has 0 radical (unpaired) electrons. The van der Waals surface area contributed by atoms with Crippen LogP contribution in [0.25, 0.3) is 0 Å². The second kappa shape index (κ2) is 8.63. The lowest BCUT2D eigenvalue weighted by Crippen LogP contribution is -2.34. The van der Waals surface area contributed by atoms with E-state index in [9.17, 15) is 4.79 Å². The molecule has 0 aliphatic heterocycles. The number of hydrogen-bond donors (Lipinski definition) is 2. The Morgan fingerprint density at radius 2 is 2.00 bits per heavy atom. The number of carbonyl (C=O) groups excluding carboxylic acids is 1. The van der Waals surface area contributed by atoms with E-state index in [1.807, 2.05) is 39.0 Å². The third-order valence-electron chi connectivity index (χ3n) is 3.07. The van der Waals surface area contributed by atoms with Gasteiger partial charge >= 0.3 is 6.09 Å². The van der Waals surface area contributed by atoms with E-state index < -0.39 is 5.60 Å². The van der Waals surface area contributed by atoms with Crippen molar-refractivity contribution in [3.63, 3.8) is 0 Å². The first-order valence-electron chi connectivity index (χ1n) is 7.66. The number of methoxy groups -OCH3 is 1. The highest BCUT2D eigenvalue weighted by atomic mass is 16.6. The number of benzene rings is 1. The Labute approximate surface area is 133 Å². The van der Waals surface area contributed by atoms with Crippen molar-refractivity contribution in [2.45, 2.75) is 45.8 Å². The van der Waals surface area contributed by atoms with Crippen LogP contribution in [0, 0.1) is 0 Å². The van der Waals surface area contributed by atoms with Crippen molar-refractivity contribution >= 4 is 6.09 Å². The third kappa shape index (κ3) is 7.31. The van der Waals surface area contributed by atoms with Gasteiger partial charge in [-0.2, -0.15) is 0 Å². The molecule has 1 amide bonds. The average Bonchev–Trinajstić information content (AvgIpc) is 2.45. The molecule has 0 fully saturated rings. The Kier molecular flexibility index (Phi) is 7.18. The van der Waals surface area contributed by atoms with Gasteiger partial charge in [-0.3, -0.25) is 0 Å². The van der Waals surface area contributed by atoms with Crippen LogP contribution >= 0.6 is 0 Å². The lowest BCUT2D eigenvalue weighted by molar-refractivity contribution is 0.0527. The van der Waals surface area contributed by atoms with E-state index in [1.54, 1.807) is 7.11 Å². The smallest absolute Gasteiger partial charge is 0.407 e. The maximum Gasteiger partial charge on any atom is 0.407 e. The van der Waals surface area contributed by atoms with E-state index >= 15 is 0 Å². The number of amides is 1. The van der Waals surface area contributed by atoms with Crippen molar-refractivity contribution in [2.75, 3.05) is 20.2 Å². The highest BCUT2D eigenvalue weighted by Crippen LogP contribution is 2.18. The zero-order chi connectivity index (χ0) is 16.6. The van der Waals surface area contributed by atoms with Gasteiger partial charge in [-0.1, -0.05) is 12.1 Å². The summed E-state index contributed by atoms with van der Waals surface area (Å²) in [4.78, 5) is 11.5. The van der Waals surface area contributed by atoms with E-state index in [-0.39, 0.29) is 12.1 Å². The van der Waals surface area contributed by atoms with Gasteiger partial charge in [0.25, 0.3) is 0 Å². The fourth-order valence-corrected chi connectivity index (χ4v) is 1.94. The van der Waals surface area contributed by atoms with Crippen molar-refractivity contribution in [3.8, 4) is 5.75 Å². The topological polar surface area (TPSA) is 59.6 Å². The van der Waals surface area contributed by atoms with E-state index in [2.05, 4.69) is 23.6 Å². The third-order valence-corrected chi connectivity index (χ3v) is 3.07. The summed E-state index contributed by atoms with van der Waals surface area (Å²) in [7, 11) is 1.67. The Morgan fingerprint density at radius 1 is 1.27 bits per heavy atom. The van der Waals surface area contributed by atoms with Gasteiger partial charge in [-0.05, 0) is 58.4 Å². The summed E-state index contributed by atoms with van der Waals surface area (Å²) in [6, 6.07) is 8.24. The number of ether oxygens (including phenoxy) is 2. The van der Waals surface area contributed by atoms with E-state index in [1.165, 1.54) is 5.56 Å². The quantitative estimate of drug-likeness (QED) is 0.759. The molecule has 22 heavy (non-hydrogen) atoms. The molecule has 1 rings (SSSR count). The number of hydrogen-bond acceptors (Lipinski definition) is 4. The number of alkyl carbamates (subject to hydrolysis) is 1. The second-order valence-corrected chi connectivity index (χ2v) is 6.23.